The Kier molecular flexibility index (Phi) is 5.43. The van der Waals surface area contributed by atoms with Crippen LogP contribution in [0.5, 0.6) is 0 Å². The lowest BCUT2D eigenvalue weighted by Crippen LogP contribution is -2.35. The maximum absolute atomic E-state index is 12.1. The van der Waals surface area contributed by atoms with Crippen LogP contribution < -0.4 is 5.32 Å². The zero-order valence-corrected chi connectivity index (χ0v) is 12.5. The van der Waals surface area contributed by atoms with E-state index < -0.39 is 12.0 Å². The summed E-state index contributed by atoms with van der Waals surface area (Å²) in [7, 11) is 0. The van der Waals surface area contributed by atoms with Crippen LogP contribution in [0.4, 0.5) is 5.82 Å². The number of aliphatic hydroxyl groups excluding tert-OH is 1. The lowest BCUT2D eigenvalue weighted by molar-refractivity contribution is -0.127. The van der Waals surface area contributed by atoms with Gasteiger partial charge in [-0.15, -0.1) is 0 Å². The Morgan fingerprint density at radius 3 is 2.50 bits per heavy atom. The zero-order valence-electron chi connectivity index (χ0n) is 11.8. The minimum Gasteiger partial charge on any atom is -0.383 e. The van der Waals surface area contributed by atoms with Crippen LogP contribution in [0.2, 0.25) is 5.02 Å². The SMILES string of the molecule is Cc1[nH]nc(NC(=O)C(O)C2CCCCCCC2)c1Cl. The standard InChI is InChI=1S/C14H22ClN3O2/c1-9-11(15)13(18-17-9)16-14(20)12(19)10-7-5-3-2-4-6-8-10/h10,12,19H,2-8H2,1H3,(H2,16,17,18,20). The monoisotopic (exact) mass is 299 g/mol. The number of carbonyl (C=O) groups is 1. The number of rotatable bonds is 3. The maximum Gasteiger partial charge on any atom is 0.254 e. The Morgan fingerprint density at radius 2 is 1.95 bits per heavy atom. The number of aryl methyl sites for hydroxylation is 1. The van der Waals surface area contributed by atoms with Crippen molar-refractivity contribution >= 4 is 23.3 Å². The number of anilines is 1. The minimum absolute atomic E-state index is 0.0362. The fourth-order valence-electron chi connectivity index (χ4n) is 2.71. The van der Waals surface area contributed by atoms with Gasteiger partial charge in [-0.25, -0.2) is 0 Å². The second kappa shape index (κ2) is 7.09. The van der Waals surface area contributed by atoms with Crippen molar-refractivity contribution in [2.24, 2.45) is 5.92 Å². The van der Waals surface area contributed by atoms with Crippen molar-refractivity contribution in [2.45, 2.75) is 58.0 Å². The molecule has 1 saturated carbocycles. The number of nitrogens with zero attached hydrogens (tertiary/aromatic N) is 1. The van der Waals surface area contributed by atoms with Gasteiger partial charge >= 0.3 is 0 Å². The van der Waals surface area contributed by atoms with Crippen molar-refractivity contribution in [3.63, 3.8) is 0 Å². The Hall–Kier alpha value is -1.07. The summed E-state index contributed by atoms with van der Waals surface area (Å²) >= 11 is 6.00. The van der Waals surface area contributed by atoms with E-state index in [4.69, 9.17) is 11.6 Å². The molecule has 1 heterocycles. The Bertz CT molecular complexity index is 453. The number of carbonyl (C=O) groups excluding carboxylic acids is 1. The summed E-state index contributed by atoms with van der Waals surface area (Å²) in [5.74, 6) is -0.0860. The number of nitrogens with one attached hydrogen (secondary N) is 2. The van der Waals surface area contributed by atoms with Gasteiger partial charge in [-0.3, -0.25) is 9.89 Å². The van der Waals surface area contributed by atoms with Crippen LogP contribution in [0.25, 0.3) is 0 Å². The van der Waals surface area contributed by atoms with Crippen LogP contribution >= 0.6 is 11.6 Å². The summed E-state index contributed by atoms with van der Waals surface area (Å²) in [5, 5.41) is 19.8. The smallest absolute Gasteiger partial charge is 0.254 e. The predicted molar refractivity (Wildman–Crippen MR) is 78.8 cm³/mol. The van der Waals surface area contributed by atoms with Gasteiger partial charge < -0.3 is 10.4 Å². The molecule has 0 saturated heterocycles. The first-order valence-electron chi connectivity index (χ1n) is 7.29. The number of amides is 1. The number of halogens is 1. The summed E-state index contributed by atoms with van der Waals surface area (Å²) in [4.78, 5) is 12.1. The van der Waals surface area contributed by atoms with Crippen LogP contribution in [0, 0.1) is 12.8 Å². The van der Waals surface area contributed by atoms with Crippen molar-refractivity contribution in [3.05, 3.63) is 10.7 Å². The average Bonchev–Trinajstić information content (AvgIpc) is 2.69. The normalized spacial score (nSPS) is 19.1. The van der Waals surface area contributed by atoms with E-state index in [1.54, 1.807) is 6.92 Å². The van der Waals surface area contributed by atoms with Crippen LogP contribution in [-0.2, 0) is 4.79 Å². The van der Waals surface area contributed by atoms with E-state index in [0.717, 1.165) is 25.7 Å². The fraction of sp³-hybridized carbons (Fsp3) is 0.714. The van der Waals surface area contributed by atoms with Gasteiger partial charge in [-0.05, 0) is 25.7 Å². The van der Waals surface area contributed by atoms with Crippen LogP contribution in [0.15, 0.2) is 0 Å². The van der Waals surface area contributed by atoms with E-state index >= 15 is 0 Å². The largest absolute Gasteiger partial charge is 0.383 e. The third-order valence-electron chi connectivity index (χ3n) is 3.98. The second-order valence-corrected chi connectivity index (χ2v) is 5.93. The molecule has 0 bridgehead atoms. The average molecular weight is 300 g/mol. The minimum atomic E-state index is -0.985. The number of aromatic nitrogens is 2. The Balaban J connectivity index is 1.95. The highest BCUT2D eigenvalue weighted by Gasteiger charge is 2.27. The summed E-state index contributed by atoms with van der Waals surface area (Å²) in [6, 6.07) is 0. The van der Waals surface area contributed by atoms with Crippen molar-refractivity contribution < 1.29 is 9.90 Å². The zero-order chi connectivity index (χ0) is 14.5. The van der Waals surface area contributed by atoms with Gasteiger partial charge in [0.1, 0.15) is 11.1 Å². The van der Waals surface area contributed by atoms with Gasteiger partial charge in [-0.1, -0.05) is 43.7 Å². The van der Waals surface area contributed by atoms with Crippen molar-refractivity contribution in [2.75, 3.05) is 5.32 Å². The van der Waals surface area contributed by atoms with Crippen LogP contribution in [0.3, 0.4) is 0 Å². The number of hydrogen-bond acceptors (Lipinski definition) is 3. The lowest BCUT2D eigenvalue weighted by Gasteiger charge is -2.23. The first-order chi connectivity index (χ1) is 9.59. The van der Waals surface area contributed by atoms with Gasteiger partial charge in [0.25, 0.3) is 5.91 Å². The Labute approximate surface area is 124 Å². The molecule has 0 aromatic carbocycles. The van der Waals surface area contributed by atoms with E-state index in [-0.39, 0.29) is 5.92 Å². The molecule has 1 aromatic heterocycles. The first kappa shape index (κ1) is 15.3. The number of aromatic amines is 1. The molecule has 112 valence electrons. The molecule has 1 amide bonds. The second-order valence-electron chi connectivity index (χ2n) is 5.55. The van der Waals surface area contributed by atoms with Gasteiger partial charge in [0.2, 0.25) is 0 Å². The molecule has 20 heavy (non-hydrogen) atoms. The molecule has 3 N–H and O–H groups in total. The molecule has 1 aliphatic rings. The van der Waals surface area contributed by atoms with Gasteiger partial charge in [-0.2, -0.15) is 5.10 Å². The van der Waals surface area contributed by atoms with Crippen LogP contribution in [0.1, 0.15) is 50.6 Å². The summed E-state index contributed by atoms with van der Waals surface area (Å²) in [5.41, 5.74) is 0.697. The third kappa shape index (κ3) is 3.73. The predicted octanol–water partition coefficient (Wildman–Crippen LogP) is 3.03. The number of H-pyrrole nitrogens is 1. The van der Waals surface area contributed by atoms with E-state index in [9.17, 15) is 9.90 Å². The number of aliphatic hydroxyl groups is 1. The highest BCUT2D eigenvalue weighted by atomic mass is 35.5. The van der Waals surface area contributed by atoms with Crippen molar-refractivity contribution in [3.8, 4) is 0 Å². The molecule has 1 aromatic rings. The fourth-order valence-corrected chi connectivity index (χ4v) is 2.84. The molecule has 1 atom stereocenters. The molecule has 1 fully saturated rings. The summed E-state index contributed by atoms with van der Waals surface area (Å²) in [6.45, 7) is 1.77. The third-order valence-corrected chi connectivity index (χ3v) is 4.44. The molecule has 5 nitrogen and oxygen atoms in total. The van der Waals surface area contributed by atoms with Crippen LogP contribution in [-0.4, -0.2) is 27.3 Å². The van der Waals surface area contributed by atoms with Crippen molar-refractivity contribution in [1.82, 2.24) is 10.2 Å². The van der Waals surface area contributed by atoms with Crippen molar-refractivity contribution in [1.29, 1.82) is 0 Å². The van der Waals surface area contributed by atoms with Gasteiger partial charge in [0.05, 0.1) is 5.69 Å². The highest BCUT2D eigenvalue weighted by Crippen LogP contribution is 2.27. The molecule has 0 radical (unpaired) electrons. The van der Waals surface area contributed by atoms with E-state index in [2.05, 4.69) is 15.5 Å². The van der Waals surface area contributed by atoms with Gasteiger partial charge in [0.15, 0.2) is 5.82 Å². The van der Waals surface area contributed by atoms with E-state index in [1.807, 2.05) is 0 Å². The topological polar surface area (TPSA) is 78.0 Å². The maximum atomic E-state index is 12.1. The molecule has 0 spiro atoms. The number of hydrogen-bond donors (Lipinski definition) is 3. The summed E-state index contributed by atoms with van der Waals surface area (Å²) in [6.07, 6.45) is 6.63. The Morgan fingerprint density at radius 1 is 1.35 bits per heavy atom. The van der Waals surface area contributed by atoms with Gasteiger partial charge in [0, 0.05) is 0 Å². The molecule has 2 rings (SSSR count). The van der Waals surface area contributed by atoms with E-state index in [1.165, 1.54) is 19.3 Å². The lowest BCUT2D eigenvalue weighted by atomic mass is 9.87. The molecule has 1 aliphatic carbocycles. The van der Waals surface area contributed by atoms with E-state index in [0.29, 0.717) is 16.5 Å². The summed E-state index contributed by atoms with van der Waals surface area (Å²) < 4.78 is 0. The first-order valence-corrected chi connectivity index (χ1v) is 7.66. The molecule has 1 unspecified atom stereocenters. The molecular weight excluding hydrogens is 278 g/mol. The quantitative estimate of drug-likeness (QED) is 0.803. The molecular formula is C14H22ClN3O2. The molecule has 6 heteroatoms. The molecule has 0 aliphatic heterocycles. The highest BCUT2D eigenvalue weighted by molar-refractivity contribution is 6.34.